The Labute approximate surface area is 177 Å². The molecule has 0 spiro atoms. The Kier molecular flexibility index (Phi) is 5.94. The second-order valence-corrected chi connectivity index (χ2v) is 7.74. The molecule has 0 aliphatic heterocycles. The minimum absolute atomic E-state index is 0.132. The highest BCUT2D eigenvalue weighted by molar-refractivity contribution is 7.10. The van der Waals surface area contributed by atoms with Crippen LogP contribution in [0.25, 0.3) is 0 Å². The Balaban J connectivity index is 1.56. The van der Waals surface area contributed by atoms with Crippen LogP contribution in [-0.2, 0) is 0 Å². The van der Waals surface area contributed by atoms with E-state index in [1.807, 2.05) is 36.6 Å². The van der Waals surface area contributed by atoms with Gasteiger partial charge >= 0.3 is 0 Å². The first-order valence-corrected chi connectivity index (χ1v) is 10.4. The first-order chi connectivity index (χ1) is 14.7. The lowest BCUT2D eigenvalue weighted by molar-refractivity contribution is 0.0938. The van der Waals surface area contributed by atoms with Crippen molar-refractivity contribution in [3.05, 3.63) is 100 Å². The highest BCUT2D eigenvalue weighted by Gasteiger charge is 2.22. The van der Waals surface area contributed by atoms with Crippen LogP contribution in [0.5, 0.6) is 0 Å². The van der Waals surface area contributed by atoms with E-state index in [9.17, 15) is 9.18 Å². The van der Waals surface area contributed by atoms with Crippen LogP contribution >= 0.6 is 11.3 Å². The summed E-state index contributed by atoms with van der Waals surface area (Å²) >= 11 is 1.57. The highest BCUT2D eigenvalue weighted by atomic mass is 32.1. The molecule has 0 saturated carbocycles. The summed E-state index contributed by atoms with van der Waals surface area (Å²) in [6.45, 7) is 2.01. The number of rotatable bonds is 7. The quantitative estimate of drug-likeness (QED) is 0.480. The van der Waals surface area contributed by atoms with Gasteiger partial charge in [0.15, 0.2) is 5.69 Å². The van der Waals surface area contributed by atoms with Gasteiger partial charge in [-0.1, -0.05) is 30.3 Å². The summed E-state index contributed by atoms with van der Waals surface area (Å²) in [5.74, 6) is -0.603. The van der Waals surface area contributed by atoms with Crippen LogP contribution < -0.4 is 5.32 Å². The fourth-order valence-corrected chi connectivity index (χ4v) is 4.13. The van der Waals surface area contributed by atoms with Crippen molar-refractivity contribution in [2.75, 3.05) is 0 Å². The maximum Gasteiger partial charge on any atom is 0.274 e. The summed E-state index contributed by atoms with van der Waals surface area (Å²) in [7, 11) is 0. The van der Waals surface area contributed by atoms with Crippen LogP contribution in [0, 0.1) is 5.82 Å². The van der Waals surface area contributed by atoms with E-state index in [-0.39, 0.29) is 29.5 Å². The number of hydrogen-bond acceptors (Lipinski definition) is 5. The second kappa shape index (κ2) is 8.96. The third kappa shape index (κ3) is 4.28. The molecule has 4 aromatic rings. The number of pyridine rings is 1. The number of benzene rings is 1. The van der Waals surface area contributed by atoms with Crippen LogP contribution in [-0.4, -0.2) is 25.9 Å². The first-order valence-electron chi connectivity index (χ1n) is 9.57. The van der Waals surface area contributed by atoms with Crippen molar-refractivity contribution in [2.24, 2.45) is 0 Å². The van der Waals surface area contributed by atoms with Crippen molar-refractivity contribution >= 4 is 17.2 Å². The lowest BCUT2D eigenvalue weighted by Crippen LogP contribution is -2.29. The van der Waals surface area contributed by atoms with Gasteiger partial charge in [-0.3, -0.25) is 9.78 Å². The van der Waals surface area contributed by atoms with Crippen molar-refractivity contribution in [1.29, 1.82) is 0 Å². The Morgan fingerprint density at radius 2 is 1.90 bits per heavy atom. The molecule has 0 aliphatic rings. The Morgan fingerprint density at radius 1 is 1.13 bits per heavy atom. The molecule has 152 valence electrons. The average molecular weight is 422 g/mol. The molecule has 4 rings (SSSR count). The normalized spacial score (nSPS) is 13.0. The van der Waals surface area contributed by atoms with Gasteiger partial charge in [0.25, 0.3) is 5.91 Å². The van der Waals surface area contributed by atoms with Gasteiger partial charge in [-0.05, 0) is 53.3 Å². The first kappa shape index (κ1) is 19.9. The number of aromatic nitrogens is 4. The third-order valence-electron chi connectivity index (χ3n) is 4.85. The van der Waals surface area contributed by atoms with Gasteiger partial charge in [0.1, 0.15) is 5.82 Å². The van der Waals surface area contributed by atoms with Gasteiger partial charge in [0, 0.05) is 17.3 Å². The van der Waals surface area contributed by atoms with Crippen LogP contribution in [0.4, 0.5) is 4.39 Å². The van der Waals surface area contributed by atoms with Gasteiger partial charge in [0.2, 0.25) is 0 Å². The van der Waals surface area contributed by atoms with Crippen molar-refractivity contribution in [3.63, 3.8) is 0 Å². The molecule has 1 N–H and O–H groups in total. The Hall–Kier alpha value is -3.39. The van der Waals surface area contributed by atoms with Crippen molar-refractivity contribution < 1.29 is 9.18 Å². The average Bonchev–Trinajstić information content (AvgIpc) is 3.47. The molecule has 8 heteroatoms. The molecule has 3 aromatic heterocycles. The van der Waals surface area contributed by atoms with Gasteiger partial charge in [0.05, 0.1) is 18.3 Å². The standard InChI is InChI=1S/C22H20FN5OS/c1-2-19(15-5-7-17(23)8-6-15)28-14-18(26-27-28)22(29)25-21(20-4-3-13-30-20)16-9-11-24-12-10-16/h3-14,19,21H,2H2,1H3,(H,25,29)/t19-,21+/m1/s1. The molecule has 0 saturated heterocycles. The molecule has 0 unspecified atom stereocenters. The smallest absolute Gasteiger partial charge is 0.274 e. The number of carbonyl (C=O) groups excluding carboxylic acids is 1. The van der Waals surface area contributed by atoms with Crippen molar-refractivity contribution in [2.45, 2.75) is 25.4 Å². The fraction of sp³-hybridized carbons (Fsp3) is 0.182. The van der Waals surface area contributed by atoms with Gasteiger partial charge in [-0.2, -0.15) is 0 Å². The number of hydrogen-bond donors (Lipinski definition) is 1. The number of thiophene rings is 1. The van der Waals surface area contributed by atoms with E-state index in [4.69, 9.17) is 0 Å². The van der Waals surface area contributed by atoms with Crippen LogP contribution in [0.15, 0.2) is 72.5 Å². The molecule has 2 atom stereocenters. The Morgan fingerprint density at radius 3 is 2.57 bits per heavy atom. The zero-order chi connectivity index (χ0) is 20.9. The van der Waals surface area contributed by atoms with Gasteiger partial charge in [-0.25, -0.2) is 9.07 Å². The molecule has 30 heavy (non-hydrogen) atoms. The summed E-state index contributed by atoms with van der Waals surface area (Å²) in [4.78, 5) is 18.0. The summed E-state index contributed by atoms with van der Waals surface area (Å²) < 4.78 is 14.9. The number of carbonyl (C=O) groups is 1. The lowest BCUT2D eigenvalue weighted by atomic mass is 10.0. The molecule has 6 nitrogen and oxygen atoms in total. The molecule has 0 fully saturated rings. The largest absolute Gasteiger partial charge is 0.339 e. The van der Waals surface area contributed by atoms with Crippen LogP contribution in [0.2, 0.25) is 0 Å². The number of nitrogens with one attached hydrogen (secondary N) is 1. The highest BCUT2D eigenvalue weighted by Crippen LogP contribution is 2.26. The van der Waals surface area contributed by atoms with Gasteiger partial charge in [-0.15, -0.1) is 16.4 Å². The van der Waals surface area contributed by atoms with Crippen LogP contribution in [0.1, 0.15) is 51.9 Å². The zero-order valence-corrected chi connectivity index (χ0v) is 17.1. The second-order valence-electron chi connectivity index (χ2n) is 6.76. The predicted molar refractivity (Wildman–Crippen MR) is 113 cm³/mol. The minimum Gasteiger partial charge on any atom is -0.339 e. The topological polar surface area (TPSA) is 72.7 Å². The minimum atomic E-state index is -0.314. The SMILES string of the molecule is CC[C@H](c1ccc(F)cc1)n1cc(C(=O)N[C@@H](c2ccncc2)c2cccs2)nn1. The van der Waals surface area contributed by atoms with E-state index in [1.165, 1.54) is 12.1 Å². The summed E-state index contributed by atoms with van der Waals surface area (Å²) in [5, 5.41) is 13.2. The summed E-state index contributed by atoms with van der Waals surface area (Å²) in [6.07, 6.45) is 5.76. The number of halogens is 1. The van der Waals surface area contributed by atoms with E-state index < -0.39 is 0 Å². The van der Waals surface area contributed by atoms with E-state index in [2.05, 4.69) is 20.6 Å². The molecule has 1 amide bonds. The molecular formula is C22H20FN5OS. The van der Waals surface area contributed by atoms with Crippen molar-refractivity contribution in [3.8, 4) is 0 Å². The van der Waals surface area contributed by atoms with E-state index >= 15 is 0 Å². The predicted octanol–water partition coefficient (Wildman–Crippen LogP) is 4.39. The fourth-order valence-electron chi connectivity index (χ4n) is 3.33. The number of nitrogens with zero attached hydrogens (tertiary/aromatic N) is 4. The van der Waals surface area contributed by atoms with Crippen LogP contribution in [0.3, 0.4) is 0 Å². The van der Waals surface area contributed by atoms with E-state index in [0.717, 1.165) is 22.4 Å². The van der Waals surface area contributed by atoms with Gasteiger partial charge < -0.3 is 5.32 Å². The maximum absolute atomic E-state index is 13.3. The molecule has 3 heterocycles. The number of amides is 1. The maximum atomic E-state index is 13.3. The van der Waals surface area contributed by atoms with Crippen molar-refractivity contribution in [1.82, 2.24) is 25.3 Å². The molecular weight excluding hydrogens is 401 g/mol. The summed E-state index contributed by atoms with van der Waals surface area (Å²) in [5.41, 5.74) is 2.07. The Bertz CT molecular complexity index is 1100. The summed E-state index contributed by atoms with van der Waals surface area (Å²) in [6, 6.07) is 13.5. The monoisotopic (exact) mass is 421 g/mol. The molecule has 0 bridgehead atoms. The zero-order valence-electron chi connectivity index (χ0n) is 16.3. The van der Waals surface area contributed by atoms with E-state index in [1.54, 1.807) is 46.7 Å². The van der Waals surface area contributed by atoms with E-state index in [0.29, 0.717) is 0 Å². The molecule has 1 aromatic carbocycles. The molecule has 0 radical (unpaired) electrons. The lowest BCUT2D eigenvalue weighted by Gasteiger charge is -2.17. The molecule has 0 aliphatic carbocycles. The third-order valence-corrected chi connectivity index (χ3v) is 5.78.